The third kappa shape index (κ3) is 4.89. The number of amides is 2. The molecule has 1 aromatic heterocycles. The normalized spacial score (nSPS) is 11.8. The molecule has 0 aliphatic rings. The van der Waals surface area contributed by atoms with Gasteiger partial charge in [-0.05, 0) is 29.3 Å². The Bertz CT molecular complexity index is 1250. The summed E-state index contributed by atoms with van der Waals surface area (Å²) in [5.41, 5.74) is 3.20. The lowest BCUT2D eigenvalue weighted by molar-refractivity contribution is -0.122. The van der Waals surface area contributed by atoms with Gasteiger partial charge in [-0.15, -0.1) is 0 Å². The van der Waals surface area contributed by atoms with Crippen molar-refractivity contribution in [2.75, 3.05) is 7.05 Å². The lowest BCUT2D eigenvalue weighted by Gasteiger charge is -2.17. The maximum Gasteiger partial charge on any atom is 0.273 e. The minimum atomic E-state index is -0.722. The Kier molecular flexibility index (Phi) is 6.66. The fourth-order valence-corrected chi connectivity index (χ4v) is 4.13. The number of nitrogens with zero attached hydrogens (tertiary/aromatic N) is 2. The number of para-hydroxylation sites is 1. The molecule has 0 fully saturated rings. The van der Waals surface area contributed by atoms with E-state index in [1.807, 2.05) is 83.5 Å². The number of aromatic nitrogens is 2. The number of nitrogens with one attached hydrogen (secondary N) is 2. The van der Waals surface area contributed by atoms with Crippen LogP contribution in [-0.4, -0.2) is 34.7 Å². The standard InChI is InChI=1S/C25H23BrN4O2/c1-27-24(31)21(15-18-10-7-11-19(26)14-18)28-25(32)23-20-12-5-6-13-22(20)30(29-23)16-17-8-3-2-4-9-17/h2-14,21H,15-16H2,1H3,(H,27,31)(H,28,32)/t21-/m0/s1. The highest BCUT2D eigenvalue weighted by Crippen LogP contribution is 2.20. The van der Waals surface area contributed by atoms with Crippen molar-refractivity contribution in [3.05, 3.63) is 100 Å². The molecule has 0 radical (unpaired) electrons. The second kappa shape index (κ2) is 9.78. The minimum absolute atomic E-state index is 0.258. The fraction of sp³-hybridized carbons (Fsp3) is 0.160. The van der Waals surface area contributed by atoms with E-state index in [-0.39, 0.29) is 11.8 Å². The van der Waals surface area contributed by atoms with E-state index in [0.717, 1.165) is 26.5 Å². The lowest BCUT2D eigenvalue weighted by atomic mass is 10.0. The largest absolute Gasteiger partial charge is 0.357 e. The number of likely N-dealkylation sites (N-methyl/N-ethyl adjacent to an activating group) is 1. The average molecular weight is 491 g/mol. The Labute approximate surface area is 194 Å². The Morgan fingerprint density at radius 2 is 1.69 bits per heavy atom. The summed E-state index contributed by atoms with van der Waals surface area (Å²) >= 11 is 3.45. The number of hydrogen-bond acceptors (Lipinski definition) is 3. The van der Waals surface area contributed by atoms with E-state index in [0.29, 0.717) is 18.7 Å². The third-order valence-electron chi connectivity index (χ3n) is 5.25. The summed E-state index contributed by atoms with van der Waals surface area (Å²) in [6, 6.07) is 24.6. The van der Waals surface area contributed by atoms with Gasteiger partial charge in [0.15, 0.2) is 5.69 Å². The van der Waals surface area contributed by atoms with Crippen LogP contribution in [0.3, 0.4) is 0 Å². The Morgan fingerprint density at radius 1 is 0.969 bits per heavy atom. The first-order chi connectivity index (χ1) is 15.5. The van der Waals surface area contributed by atoms with E-state index in [9.17, 15) is 9.59 Å². The summed E-state index contributed by atoms with van der Waals surface area (Å²) in [7, 11) is 1.56. The van der Waals surface area contributed by atoms with Crippen LogP contribution >= 0.6 is 15.9 Å². The van der Waals surface area contributed by atoms with Crippen molar-refractivity contribution in [3.8, 4) is 0 Å². The first-order valence-corrected chi connectivity index (χ1v) is 11.1. The topological polar surface area (TPSA) is 76.0 Å². The number of hydrogen-bond donors (Lipinski definition) is 2. The molecule has 1 atom stereocenters. The van der Waals surface area contributed by atoms with E-state index < -0.39 is 6.04 Å². The molecule has 0 spiro atoms. The van der Waals surface area contributed by atoms with Crippen molar-refractivity contribution >= 4 is 38.6 Å². The molecule has 2 N–H and O–H groups in total. The average Bonchev–Trinajstić information content (AvgIpc) is 3.17. The predicted molar refractivity (Wildman–Crippen MR) is 128 cm³/mol. The van der Waals surface area contributed by atoms with Gasteiger partial charge in [0.05, 0.1) is 12.1 Å². The van der Waals surface area contributed by atoms with E-state index in [4.69, 9.17) is 0 Å². The van der Waals surface area contributed by atoms with Crippen molar-refractivity contribution < 1.29 is 9.59 Å². The number of carbonyl (C=O) groups excluding carboxylic acids is 2. The smallest absolute Gasteiger partial charge is 0.273 e. The molecule has 3 aromatic carbocycles. The van der Waals surface area contributed by atoms with E-state index in [1.165, 1.54) is 0 Å². The van der Waals surface area contributed by atoms with Crippen LogP contribution in [0.2, 0.25) is 0 Å². The number of benzene rings is 3. The molecular formula is C25H23BrN4O2. The first-order valence-electron chi connectivity index (χ1n) is 10.3. The van der Waals surface area contributed by atoms with Crippen molar-refractivity contribution in [2.45, 2.75) is 19.0 Å². The first kappa shape index (κ1) is 21.8. The molecule has 4 aromatic rings. The van der Waals surface area contributed by atoms with Crippen molar-refractivity contribution in [1.82, 2.24) is 20.4 Å². The summed E-state index contributed by atoms with van der Waals surface area (Å²) in [4.78, 5) is 25.8. The molecule has 32 heavy (non-hydrogen) atoms. The highest BCUT2D eigenvalue weighted by Gasteiger charge is 2.24. The molecule has 6 nitrogen and oxygen atoms in total. The summed E-state index contributed by atoms with van der Waals surface area (Å²) in [5, 5.41) is 10.9. The van der Waals surface area contributed by atoms with Crippen LogP contribution in [0.1, 0.15) is 21.6 Å². The second-order valence-electron chi connectivity index (χ2n) is 7.48. The number of rotatable bonds is 7. The van der Waals surface area contributed by atoms with Crippen molar-refractivity contribution in [2.24, 2.45) is 0 Å². The number of fused-ring (bicyclic) bond motifs is 1. The molecule has 0 bridgehead atoms. The molecular weight excluding hydrogens is 468 g/mol. The number of carbonyl (C=O) groups is 2. The van der Waals surface area contributed by atoms with Gasteiger partial charge in [0.25, 0.3) is 5.91 Å². The van der Waals surface area contributed by atoms with Gasteiger partial charge >= 0.3 is 0 Å². The Hall–Kier alpha value is -3.45. The van der Waals surface area contributed by atoms with Gasteiger partial charge in [-0.25, -0.2) is 0 Å². The van der Waals surface area contributed by atoms with Crippen molar-refractivity contribution in [1.29, 1.82) is 0 Å². The van der Waals surface area contributed by atoms with Crippen LogP contribution < -0.4 is 10.6 Å². The zero-order chi connectivity index (χ0) is 22.5. The van der Waals surface area contributed by atoms with Gasteiger partial charge in [0.1, 0.15) is 6.04 Å². The maximum atomic E-state index is 13.2. The zero-order valence-electron chi connectivity index (χ0n) is 17.6. The quantitative estimate of drug-likeness (QED) is 0.412. The van der Waals surface area contributed by atoms with E-state index in [1.54, 1.807) is 7.05 Å². The van der Waals surface area contributed by atoms with E-state index in [2.05, 4.69) is 31.7 Å². The Balaban J connectivity index is 1.62. The second-order valence-corrected chi connectivity index (χ2v) is 8.40. The van der Waals surface area contributed by atoms with E-state index >= 15 is 0 Å². The van der Waals surface area contributed by atoms with Gasteiger partial charge in [0, 0.05) is 23.3 Å². The van der Waals surface area contributed by atoms with Crippen LogP contribution in [0.15, 0.2) is 83.3 Å². The molecule has 0 aliphatic heterocycles. The summed E-state index contributed by atoms with van der Waals surface area (Å²) in [6.07, 6.45) is 0.369. The summed E-state index contributed by atoms with van der Waals surface area (Å²) < 4.78 is 2.74. The highest BCUT2D eigenvalue weighted by atomic mass is 79.9. The van der Waals surface area contributed by atoms with Gasteiger partial charge < -0.3 is 10.6 Å². The van der Waals surface area contributed by atoms with Gasteiger partial charge in [-0.3, -0.25) is 14.3 Å². The molecule has 2 amide bonds. The third-order valence-corrected chi connectivity index (χ3v) is 5.74. The van der Waals surface area contributed by atoms with Crippen LogP contribution in [0.4, 0.5) is 0 Å². The maximum absolute atomic E-state index is 13.2. The molecule has 0 unspecified atom stereocenters. The van der Waals surface area contributed by atoms with Gasteiger partial charge in [0.2, 0.25) is 5.91 Å². The molecule has 0 saturated heterocycles. The highest BCUT2D eigenvalue weighted by molar-refractivity contribution is 9.10. The molecule has 162 valence electrons. The van der Waals surface area contributed by atoms with Gasteiger partial charge in [-0.1, -0.05) is 76.6 Å². The Morgan fingerprint density at radius 3 is 2.44 bits per heavy atom. The van der Waals surface area contributed by atoms with Crippen molar-refractivity contribution in [3.63, 3.8) is 0 Å². The SMILES string of the molecule is CNC(=O)[C@H](Cc1cccc(Br)c1)NC(=O)c1nn(Cc2ccccc2)c2ccccc12. The molecule has 1 heterocycles. The minimum Gasteiger partial charge on any atom is -0.357 e. The van der Waals surface area contributed by atoms with Crippen LogP contribution in [0.5, 0.6) is 0 Å². The van der Waals surface area contributed by atoms with Gasteiger partial charge in [-0.2, -0.15) is 5.10 Å². The fourth-order valence-electron chi connectivity index (χ4n) is 3.68. The summed E-state index contributed by atoms with van der Waals surface area (Å²) in [5.74, 6) is -0.636. The molecule has 0 aliphatic carbocycles. The number of halogens is 1. The van der Waals surface area contributed by atoms with Crippen LogP contribution in [-0.2, 0) is 17.8 Å². The molecule has 7 heteroatoms. The van der Waals surface area contributed by atoms with Crippen LogP contribution in [0, 0.1) is 0 Å². The zero-order valence-corrected chi connectivity index (χ0v) is 19.2. The summed E-state index contributed by atoms with van der Waals surface area (Å²) in [6.45, 7) is 0.547. The monoisotopic (exact) mass is 490 g/mol. The predicted octanol–water partition coefficient (Wildman–Crippen LogP) is 3.93. The molecule has 0 saturated carbocycles. The lowest BCUT2D eigenvalue weighted by Crippen LogP contribution is -2.47. The molecule has 4 rings (SSSR count). The van der Waals surface area contributed by atoms with Crippen LogP contribution in [0.25, 0.3) is 10.9 Å².